The fourth-order valence-corrected chi connectivity index (χ4v) is 2.06. The molecule has 0 aliphatic carbocycles. The maximum atomic E-state index is 11.8. The molecule has 1 aliphatic rings. The fourth-order valence-electron chi connectivity index (χ4n) is 2.06. The van der Waals surface area contributed by atoms with Gasteiger partial charge in [0.15, 0.2) is 0 Å². The van der Waals surface area contributed by atoms with E-state index in [-0.39, 0.29) is 18.4 Å². The van der Waals surface area contributed by atoms with Crippen LogP contribution in [-0.2, 0) is 25.6 Å². The van der Waals surface area contributed by atoms with E-state index in [1.54, 1.807) is 0 Å². The minimum Gasteiger partial charge on any atom is -0.325 e. The molecule has 0 N–H and O–H groups in total. The molecule has 21 heavy (non-hydrogen) atoms. The molecule has 1 aliphatic heterocycles. The molecule has 1 fully saturated rings. The Hall–Kier alpha value is -2.43. The van der Waals surface area contributed by atoms with Gasteiger partial charge in [-0.3, -0.25) is 9.59 Å². The van der Waals surface area contributed by atoms with Crippen molar-refractivity contribution in [3.8, 4) is 0 Å². The lowest BCUT2D eigenvalue weighted by molar-refractivity contribution is -0.194. The summed E-state index contributed by atoms with van der Waals surface area (Å²) < 4.78 is 0. The zero-order chi connectivity index (χ0) is 15.2. The van der Waals surface area contributed by atoms with Gasteiger partial charge in [0.1, 0.15) is 0 Å². The molecule has 2 amide bonds. The summed E-state index contributed by atoms with van der Waals surface area (Å²) in [5.41, 5.74) is 1.45. The summed E-state index contributed by atoms with van der Waals surface area (Å²) in [6.45, 7) is 3.65. The lowest BCUT2D eigenvalue weighted by Gasteiger charge is -2.13. The Balaban J connectivity index is 1.76. The Bertz CT molecular complexity index is 549. The van der Waals surface area contributed by atoms with Gasteiger partial charge in [-0.1, -0.05) is 36.9 Å². The van der Waals surface area contributed by atoms with E-state index < -0.39 is 17.8 Å². The molecular weight excluding hydrogens is 270 g/mol. The van der Waals surface area contributed by atoms with Crippen molar-refractivity contribution < 1.29 is 19.2 Å². The maximum Gasteiger partial charge on any atom is 0.359 e. The molecule has 5 heteroatoms. The van der Waals surface area contributed by atoms with E-state index in [0.717, 1.165) is 12.8 Å². The molecular formula is C16H17NO4. The van der Waals surface area contributed by atoms with Gasteiger partial charge in [0.05, 0.1) is 0 Å². The molecule has 1 aromatic carbocycles. The summed E-state index contributed by atoms with van der Waals surface area (Å²) >= 11 is 0. The summed E-state index contributed by atoms with van der Waals surface area (Å²) in [6.07, 6.45) is 2.22. The topological polar surface area (TPSA) is 63.7 Å². The normalized spacial score (nSPS) is 14.4. The summed E-state index contributed by atoms with van der Waals surface area (Å²) in [5, 5.41) is 0.546. The molecule has 1 saturated heterocycles. The van der Waals surface area contributed by atoms with Crippen LogP contribution in [0.1, 0.15) is 31.2 Å². The quantitative estimate of drug-likeness (QED) is 0.594. The Morgan fingerprint density at radius 1 is 1.14 bits per heavy atom. The van der Waals surface area contributed by atoms with Crippen molar-refractivity contribution in [1.82, 2.24) is 5.06 Å². The standard InChI is InChI=1S/C16H17NO4/c1-12(6-5-9-13-7-3-2-4-8-13)16(20)21-17-14(18)10-11-15(17)19/h2-4,7-8H,1,5-6,9-11H2. The number of hydrogen-bond acceptors (Lipinski definition) is 4. The lowest BCUT2D eigenvalue weighted by Crippen LogP contribution is -2.32. The van der Waals surface area contributed by atoms with Gasteiger partial charge in [-0.25, -0.2) is 4.79 Å². The molecule has 0 atom stereocenters. The highest BCUT2D eigenvalue weighted by Crippen LogP contribution is 2.15. The maximum absolute atomic E-state index is 11.8. The SMILES string of the molecule is C=C(CCCc1ccccc1)C(=O)ON1C(=O)CCC1=O. The number of amides is 2. The van der Waals surface area contributed by atoms with Gasteiger partial charge in [0, 0.05) is 18.4 Å². The molecule has 0 spiro atoms. The van der Waals surface area contributed by atoms with Crippen molar-refractivity contribution in [3.63, 3.8) is 0 Å². The van der Waals surface area contributed by atoms with Gasteiger partial charge in [0.2, 0.25) is 0 Å². The van der Waals surface area contributed by atoms with Gasteiger partial charge in [-0.15, -0.1) is 5.06 Å². The van der Waals surface area contributed by atoms with Crippen molar-refractivity contribution in [2.75, 3.05) is 0 Å². The van der Waals surface area contributed by atoms with Crippen LogP contribution in [0.15, 0.2) is 42.5 Å². The van der Waals surface area contributed by atoms with Crippen LogP contribution < -0.4 is 0 Å². The zero-order valence-corrected chi connectivity index (χ0v) is 11.7. The molecule has 1 heterocycles. The predicted molar refractivity (Wildman–Crippen MR) is 75.7 cm³/mol. The highest BCUT2D eigenvalue weighted by molar-refractivity contribution is 6.02. The van der Waals surface area contributed by atoms with Crippen molar-refractivity contribution >= 4 is 17.8 Å². The third kappa shape index (κ3) is 4.02. The van der Waals surface area contributed by atoms with E-state index in [2.05, 4.69) is 6.58 Å². The first kappa shape index (κ1) is 15.0. The highest BCUT2D eigenvalue weighted by Gasteiger charge is 2.33. The van der Waals surface area contributed by atoms with E-state index in [1.165, 1.54) is 5.56 Å². The number of hydroxylamine groups is 2. The van der Waals surface area contributed by atoms with E-state index in [1.807, 2.05) is 30.3 Å². The number of imide groups is 1. The highest BCUT2D eigenvalue weighted by atomic mass is 16.7. The van der Waals surface area contributed by atoms with E-state index >= 15 is 0 Å². The van der Waals surface area contributed by atoms with Crippen LogP contribution in [0.5, 0.6) is 0 Å². The molecule has 2 rings (SSSR count). The van der Waals surface area contributed by atoms with Gasteiger partial charge >= 0.3 is 5.97 Å². The van der Waals surface area contributed by atoms with Crippen LogP contribution in [0.3, 0.4) is 0 Å². The summed E-state index contributed by atoms with van der Waals surface area (Å²) in [4.78, 5) is 39.2. The number of benzene rings is 1. The molecule has 0 saturated carbocycles. The van der Waals surface area contributed by atoms with Crippen LogP contribution >= 0.6 is 0 Å². The second-order valence-electron chi connectivity index (χ2n) is 4.90. The summed E-state index contributed by atoms with van der Waals surface area (Å²) in [6, 6.07) is 9.90. The molecule has 0 unspecified atom stereocenters. The fraction of sp³-hybridized carbons (Fsp3) is 0.312. The van der Waals surface area contributed by atoms with E-state index in [9.17, 15) is 14.4 Å². The van der Waals surface area contributed by atoms with Crippen LogP contribution in [0.2, 0.25) is 0 Å². The number of carbonyl (C=O) groups excluding carboxylic acids is 3. The van der Waals surface area contributed by atoms with Crippen LogP contribution in [0.4, 0.5) is 0 Å². The van der Waals surface area contributed by atoms with Gasteiger partial charge in [0.25, 0.3) is 11.8 Å². The Kier molecular flexibility index (Phi) is 4.87. The number of nitrogens with zero attached hydrogens (tertiary/aromatic N) is 1. The predicted octanol–water partition coefficient (Wildman–Crippen LogP) is 2.17. The second-order valence-corrected chi connectivity index (χ2v) is 4.90. The molecule has 0 radical (unpaired) electrons. The monoisotopic (exact) mass is 287 g/mol. The molecule has 0 bridgehead atoms. The van der Waals surface area contributed by atoms with E-state index in [0.29, 0.717) is 11.5 Å². The Morgan fingerprint density at radius 2 is 1.76 bits per heavy atom. The smallest absolute Gasteiger partial charge is 0.325 e. The first-order chi connectivity index (χ1) is 10.1. The minimum absolute atomic E-state index is 0.0899. The van der Waals surface area contributed by atoms with Crippen molar-refractivity contribution in [2.24, 2.45) is 0 Å². The number of rotatable bonds is 6. The molecule has 110 valence electrons. The molecule has 5 nitrogen and oxygen atoms in total. The van der Waals surface area contributed by atoms with Gasteiger partial charge < -0.3 is 4.84 Å². The van der Waals surface area contributed by atoms with Crippen LogP contribution in [-0.4, -0.2) is 22.8 Å². The minimum atomic E-state index is -0.716. The van der Waals surface area contributed by atoms with E-state index in [4.69, 9.17) is 4.84 Å². The summed E-state index contributed by atoms with van der Waals surface area (Å²) in [7, 11) is 0. The van der Waals surface area contributed by atoms with Crippen LogP contribution in [0.25, 0.3) is 0 Å². The zero-order valence-electron chi connectivity index (χ0n) is 11.7. The third-order valence-corrected chi connectivity index (χ3v) is 3.26. The number of carbonyl (C=O) groups is 3. The number of aryl methyl sites for hydroxylation is 1. The second kappa shape index (κ2) is 6.83. The first-order valence-electron chi connectivity index (χ1n) is 6.87. The van der Waals surface area contributed by atoms with Crippen molar-refractivity contribution in [2.45, 2.75) is 32.1 Å². The largest absolute Gasteiger partial charge is 0.359 e. The average Bonchev–Trinajstić information content (AvgIpc) is 2.80. The number of hydrogen-bond donors (Lipinski definition) is 0. The lowest BCUT2D eigenvalue weighted by atomic mass is 10.1. The Morgan fingerprint density at radius 3 is 2.38 bits per heavy atom. The molecule has 1 aromatic rings. The molecule has 0 aromatic heterocycles. The third-order valence-electron chi connectivity index (χ3n) is 3.26. The van der Waals surface area contributed by atoms with Crippen molar-refractivity contribution in [3.05, 3.63) is 48.0 Å². The van der Waals surface area contributed by atoms with Gasteiger partial charge in [-0.2, -0.15) is 0 Å². The average molecular weight is 287 g/mol. The van der Waals surface area contributed by atoms with Gasteiger partial charge in [-0.05, 0) is 24.8 Å². The summed E-state index contributed by atoms with van der Waals surface area (Å²) in [5.74, 6) is -1.68. The Labute approximate surface area is 123 Å². The first-order valence-corrected chi connectivity index (χ1v) is 6.87. The van der Waals surface area contributed by atoms with Crippen LogP contribution in [0, 0.1) is 0 Å². The van der Waals surface area contributed by atoms with Crippen molar-refractivity contribution in [1.29, 1.82) is 0 Å².